The van der Waals surface area contributed by atoms with E-state index < -0.39 is 0 Å². The van der Waals surface area contributed by atoms with Gasteiger partial charge in [-0.05, 0) is 36.4 Å². The number of para-hydroxylation sites is 1. The summed E-state index contributed by atoms with van der Waals surface area (Å²) in [6, 6.07) is 13.8. The Morgan fingerprint density at radius 2 is 2.04 bits per heavy atom. The lowest BCUT2D eigenvalue weighted by Gasteiger charge is -2.05. The second kappa shape index (κ2) is 7.43. The number of fused-ring (bicyclic) bond motifs is 1. The molecule has 0 saturated carbocycles. The molecule has 0 unspecified atom stereocenters. The number of aromatic nitrogens is 4. The van der Waals surface area contributed by atoms with Gasteiger partial charge >= 0.3 is 0 Å². The summed E-state index contributed by atoms with van der Waals surface area (Å²) in [7, 11) is 0. The first-order valence-corrected chi connectivity index (χ1v) is 9.41. The minimum atomic E-state index is 0.377. The Kier molecular flexibility index (Phi) is 4.68. The largest absolute Gasteiger partial charge is 0.382 e. The fourth-order valence-corrected chi connectivity index (χ4v) is 3.67. The van der Waals surface area contributed by atoms with Gasteiger partial charge in [0.15, 0.2) is 0 Å². The van der Waals surface area contributed by atoms with E-state index >= 15 is 0 Å². The molecule has 4 rings (SSSR count). The number of nitrogens with zero attached hydrogens (tertiary/aromatic N) is 5. The predicted octanol–water partition coefficient (Wildman–Crippen LogP) is 3.38. The smallest absolute Gasteiger partial charge is 0.145 e. The van der Waals surface area contributed by atoms with Gasteiger partial charge in [0.05, 0.1) is 16.8 Å². The topological polar surface area (TPSA) is 105 Å². The zero-order valence-corrected chi connectivity index (χ0v) is 15.3. The van der Waals surface area contributed by atoms with Crippen LogP contribution in [0.2, 0.25) is 0 Å². The van der Waals surface area contributed by atoms with Gasteiger partial charge in [0.1, 0.15) is 34.4 Å². The number of hydrogen-bond acceptors (Lipinski definition) is 7. The summed E-state index contributed by atoms with van der Waals surface area (Å²) in [4.78, 5) is 9.52. The summed E-state index contributed by atoms with van der Waals surface area (Å²) >= 11 is 1.59. The molecule has 0 amide bonds. The number of nitrogen functional groups attached to an aromatic ring is 1. The van der Waals surface area contributed by atoms with E-state index in [1.165, 1.54) is 0 Å². The Labute approximate surface area is 160 Å². The molecule has 0 aliphatic carbocycles. The van der Waals surface area contributed by atoms with E-state index in [0.29, 0.717) is 30.0 Å². The van der Waals surface area contributed by atoms with E-state index in [4.69, 9.17) is 5.73 Å². The van der Waals surface area contributed by atoms with Gasteiger partial charge in [-0.2, -0.15) is 10.4 Å². The first-order chi connectivity index (χ1) is 13.3. The highest BCUT2D eigenvalue weighted by molar-refractivity contribution is 7.16. The van der Waals surface area contributed by atoms with Crippen LogP contribution >= 0.6 is 11.3 Å². The highest BCUT2D eigenvalue weighted by Crippen LogP contribution is 2.24. The van der Waals surface area contributed by atoms with Crippen molar-refractivity contribution in [3.05, 3.63) is 59.4 Å². The highest BCUT2D eigenvalue weighted by Gasteiger charge is 2.16. The van der Waals surface area contributed by atoms with Crippen LogP contribution in [0.4, 0.5) is 11.6 Å². The molecule has 7 nitrogen and oxygen atoms in total. The van der Waals surface area contributed by atoms with Crippen molar-refractivity contribution in [3.63, 3.8) is 0 Å². The van der Waals surface area contributed by atoms with Gasteiger partial charge in [-0.3, -0.25) is 0 Å². The van der Waals surface area contributed by atoms with Crippen LogP contribution in [0.5, 0.6) is 0 Å². The molecule has 3 N–H and O–H groups in total. The Bertz CT molecular complexity index is 1110. The second-order valence-electron chi connectivity index (χ2n) is 5.96. The SMILES string of the molecule is N#Cc1c(CCCNc2ncnc3sccc23)nn(-c2ccccc2)c1N. The first kappa shape index (κ1) is 17.0. The molecule has 0 fully saturated rings. The molecule has 0 bridgehead atoms. The average Bonchev–Trinajstić information content (AvgIpc) is 3.30. The molecule has 3 aromatic heterocycles. The van der Waals surface area contributed by atoms with Gasteiger partial charge in [-0.25, -0.2) is 14.6 Å². The van der Waals surface area contributed by atoms with Crippen LogP contribution in [0, 0.1) is 11.3 Å². The molecule has 0 radical (unpaired) electrons. The summed E-state index contributed by atoms with van der Waals surface area (Å²) < 4.78 is 1.63. The summed E-state index contributed by atoms with van der Waals surface area (Å²) in [6.07, 6.45) is 3.02. The number of aryl methyl sites for hydroxylation is 1. The van der Waals surface area contributed by atoms with E-state index in [1.807, 2.05) is 41.8 Å². The predicted molar refractivity (Wildman–Crippen MR) is 107 cm³/mol. The number of benzene rings is 1. The van der Waals surface area contributed by atoms with Crippen molar-refractivity contribution < 1.29 is 0 Å². The molecule has 4 aromatic rings. The first-order valence-electron chi connectivity index (χ1n) is 8.53. The van der Waals surface area contributed by atoms with Crippen LogP contribution in [0.15, 0.2) is 48.1 Å². The third kappa shape index (κ3) is 3.32. The minimum absolute atomic E-state index is 0.377. The van der Waals surface area contributed by atoms with E-state index in [1.54, 1.807) is 22.3 Å². The third-order valence-corrected chi connectivity index (χ3v) is 5.07. The van der Waals surface area contributed by atoms with Gasteiger partial charge in [-0.15, -0.1) is 11.3 Å². The molecule has 0 aliphatic rings. The van der Waals surface area contributed by atoms with Crippen LogP contribution < -0.4 is 11.1 Å². The summed E-state index contributed by atoms with van der Waals surface area (Å²) in [5, 5.41) is 20.4. The maximum absolute atomic E-state index is 9.47. The number of rotatable bonds is 6. The molecule has 0 saturated heterocycles. The lowest BCUT2D eigenvalue weighted by Crippen LogP contribution is -2.06. The van der Waals surface area contributed by atoms with Gasteiger partial charge in [0.25, 0.3) is 0 Å². The lowest BCUT2D eigenvalue weighted by molar-refractivity contribution is 0.789. The standard InChI is InChI=1S/C19H17N7S/c20-11-15-16(25-26(17(15)21)13-5-2-1-3-6-13)7-4-9-22-18-14-8-10-27-19(14)24-12-23-18/h1-3,5-6,8,10,12H,4,7,9,21H2,(H,22,23,24). The zero-order chi connectivity index (χ0) is 18.6. The summed E-state index contributed by atoms with van der Waals surface area (Å²) in [5.74, 6) is 1.21. The van der Waals surface area contributed by atoms with Gasteiger partial charge in [-0.1, -0.05) is 18.2 Å². The van der Waals surface area contributed by atoms with Crippen molar-refractivity contribution in [1.82, 2.24) is 19.7 Å². The van der Waals surface area contributed by atoms with Crippen LogP contribution in [-0.2, 0) is 6.42 Å². The van der Waals surface area contributed by atoms with Gasteiger partial charge in [0.2, 0.25) is 0 Å². The minimum Gasteiger partial charge on any atom is -0.382 e. The number of nitrogens with two attached hydrogens (primary N) is 1. The van der Waals surface area contributed by atoms with Crippen molar-refractivity contribution in [1.29, 1.82) is 5.26 Å². The normalized spacial score (nSPS) is 10.8. The number of nitrogens with one attached hydrogen (secondary N) is 1. The monoisotopic (exact) mass is 375 g/mol. The number of hydrogen-bond donors (Lipinski definition) is 2. The molecule has 0 spiro atoms. The molecule has 134 valence electrons. The molecule has 0 aliphatic heterocycles. The van der Waals surface area contributed by atoms with E-state index in [2.05, 4.69) is 26.5 Å². The molecule has 1 aromatic carbocycles. The molecule has 3 heterocycles. The van der Waals surface area contributed by atoms with Crippen LogP contribution in [-0.4, -0.2) is 26.3 Å². The maximum atomic E-state index is 9.47. The molecule has 0 atom stereocenters. The van der Waals surface area contributed by atoms with Gasteiger partial charge < -0.3 is 11.1 Å². The number of nitriles is 1. The van der Waals surface area contributed by atoms with E-state index in [-0.39, 0.29) is 0 Å². The Morgan fingerprint density at radius 3 is 2.85 bits per heavy atom. The lowest BCUT2D eigenvalue weighted by atomic mass is 10.1. The van der Waals surface area contributed by atoms with Crippen molar-refractivity contribution in [2.24, 2.45) is 0 Å². The number of thiophene rings is 1. The van der Waals surface area contributed by atoms with Crippen molar-refractivity contribution in [2.75, 3.05) is 17.6 Å². The maximum Gasteiger partial charge on any atom is 0.145 e. The van der Waals surface area contributed by atoms with Crippen LogP contribution in [0.25, 0.3) is 15.9 Å². The summed E-state index contributed by atoms with van der Waals surface area (Å²) in [5.41, 5.74) is 8.14. The average molecular weight is 375 g/mol. The molecular weight excluding hydrogens is 358 g/mol. The quantitative estimate of drug-likeness (QED) is 0.501. The van der Waals surface area contributed by atoms with Crippen LogP contribution in [0.1, 0.15) is 17.7 Å². The van der Waals surface area contributed by atoms with Gasteiger partial charge in [0, 0.05) is 6.54 Å². The Hall–Kier alpha value is -3.44. The molecular formula is C19H17N7S. The fourth-order valence-electron chi connectivity index (χ4n) is 2.93. The van der Waals surface area contributed by atoms with Crippen molar-refractivity contribution in [3.8, 4) is 11.8 Å². The zero-order valence-electron chi connectivity index (χ0n) is 14.5. The summed E-state index contributed by atoms with van der Waals surface area (Å²) in [6.45, 7) is 0.713. The van der Waals surface area contributed by atoms with Crippen LogP contribution in [0.3, 0.4) is 0 Å². The molecule has 27 heavy (non-hydrogen) atoms. The van der Waals surface area contributed by atoms with E-state index in [9.17, 15) is 5.26 Å². The van der Waals surface area contributed by atoms with E-state index in [0.717, 1.165) is 28.1 Å². The second-order valence-corrected chi connectivity index (χ2v) is 6.85. The highest BCUT2D eigenvalue weighted by atomic mass is 32.1. The number of anilines is 2. The Balaban J connectivity index is 1.46. The van der Waals surface area contributed by atoms with Crippen molar-refractivity contribution in [2.45, 2.75) is 12.8 Å². The fraction of sp³-hybridized carbons (Fsp3) is 0.158. The molecule has 8 heteroatoms. The third-order valence-electron chi connectivity index (χ3n) is 4.25. The Morgan fingerprint density at radius 1 is 1.19 bits per heavy atom. The van der Waals surface area contributed by atoms with Crippen molar-refractivity contribution >= 4 is 33.2 Å².